The predicted molar refractivity (Wildman–Crippen MR) is 81.7 cm³/mol. The molecular weight excluding hydrogens is 297 g/mol. The zero-order valence-electron chi connectivity index (χ0n) is 11.3. The second-order valence-electron chi connectivity index (χ2n) is 5.18. The number of Topliss-reactive ketones (excluding diaryl/α,β-unsaturated/α-hetero) is 1. The smallest absolute Gasteiger partial charge is 0.176 e. The summed E-state index contributed by atoms with van der Waals surface area (Å²) in [4.78, 5) is 14.4. The lowest BCUT2D eigenvalue weighted by Crippen LogP contribution is -2.39. The summed E-state index contributed by atoms with van der Waals surface area (Å²) in [6.45, 7) is 0.937. The lowest BCUT2D eigenvalue weighted by atomic mass is 10.1. The molecule has 1 aromatic carbocycles. The number of carbonyl (C=O) groups excluding carboxylic acids is 1. The number of halogens is 2. The maximum Gasteiger partial charge on any atom is 0.176 e. The van der Waals surface area contributed by atoms with Crippen molar-refractivity contribution in [1.82, 2.24) is 4.90 Å². The molecule has 0 spiro atoms. The second kappa shape index (κ2) is 7.41. The third kappa shape index (κ3) is 3.95. The summed E-state index contributed by atoms with van der Waals surface area (Å²) >= 11 is 11.8. The molecule has 1 N–H and O–H groups in total. The Morgan fingerprint density at radius 1 is 1.25 bits per heavy atom. The van der Waals surface area contributed by atoms with Crippen LogP contribution < -0.4 is 0 Å². The fourth-order valence-corrected chi connectivity index (χ4v) is 3.03. The van der Waals surface area contributed by atoms with E-state index in [-0.39, 0.29) is 12.4 Å². The molecule has 1 fully saturated rings. The van der Waals surface area contributed by atoms with Gasteiger partial charge < -0.3 is 5.11 Å². The van der Waals surface area contributed by atoms with Crippen LogP contribution in [-0.4, -0.2) is 41.5 Å². The molecule has 110 valence electrons. The Hall–Kier alpha value is -0.610. The van der Waals surface area contributed by atoms with E-state index >= 15 is 0 Å². The van der Waals surface area contributed by atoms with E-state index in [2.05, 4.69) is 4.90 Å². The van der Waals surface area contributed by atoms with Crippen molar-refractivity contribution in [1.29, 1.82) is 0 Å². The fraction of sp³-hybridized carbons (Fsp3) is 0.533. The Kier molecular flexibility index (Phi) is 5.85. The van der Waals surface area contributed by atoms with Crippen LogP contribution in [0.5, 0.6) is 0 Å². The van der Waals surface area contributed by atoms with Crippen molar-refractivity contribution < 1.29 is 9.90 Å². The van der Waals surface area contributed by atoms with E-state index in [1.807, 2.05) is 0 Å². The first-order valence-electron chi connectivity index (χ1n) is 6.95. The van der Waals surface area contributed by atoms with Crippen LogP contribution in [0.3, 0.4) is 0 Å². The number of aliphatic hydroxyl groups is 1. The zero-order chi connectivity index (χ0) is 14.5. The van der Waals surface area contributed by atoms with Gasteiger partial charge in [0.2, 0.25) is 0 Å². The minimum Gasteiger partial charge on any atom is -0.395 e. The number of hydrogen-bond donors (Lipinski definition) is 1. The van der Waals surface area contributed by atoms with Gasteiger partial charge in [0.1, 0.15) is 0 Å². The van der Waals surface area contributed by atoms with Crippen LogP contribution in [0.15, 0.2) is 18.2 Å². The first kappa shape index (κ1) is 15.8. The average Bonchev–Trinajstić information content (AvgIpc) is 2.95. The summed E-state index contributed by atoms with van der Waals surface area (Å²) in [5.74, 6) is 0.0175. The standard InChI is InChI=1S/C15H19Cl2NO2/c16-13-6-5-11(9-14(13)17)15(20)10-18(7-8-19)12-3-1-2-4-12/h5-6,9,12,19H,1-4,7-8,10H2. The molecule has 0 unspecified atom stereocenters. The van der Waals surface area contributed by atoms with E-state index < -0.39 is 0 Å². The maximum atomic E-state index is 12.3. The molecule has 20 heavy (non-hydrogen) atoms. The molecule has 0 aliphatic heterocycles. The molecular formula is C15H19Cl2NO2. The molecule has 0 radical (unpaired) electrons. The number of ketones is 1. The molecule has 1 aliphatic rings. The number of aliphatic hydroxyl groups excluding tert-OH is 1. The van der Waals surface area contributed by atoms with Gasteiger partial charge in [0.15, 0.2) is 5.78 Å². The summed E-state index contributed by atoms with van der Waals surface area (Å²) in [6.07, 6.45) is 4.62. The number of hydrogen-bond acceptors (Lipinski definition) is 3. The quantitative estimate of drug-likeness (QED) is 0.818. The summed E-state index contributed by atoms with van der Waals surface area (Å²) in [5, 5.41) is 10.0. The van der Waals surface area contributed by atoms with Gasteiger partial charge in [-0.15, -0.1) is 0 Å². The highest BCUT2D eigenvalue weighted by Gasteiger charge is 2.24. The molecule has 5 heteroatoms. The van der Waals surface area contributed by atoms with Crippen molar-refractivity contribution in [3.8, 4) is 0 Å². The van der Waals surface area contributed by atoms with Gasteiger partial charge in [-0.1, -0.05) is 36.0 Å². The third-order valence-electron chi connectivity index (χ3n) is 3.82. The van der Waals surface area contributed by atoms with Crippen LogP contribution in [0.25, 0.3) is 0 Å². The predicted octanol–water partition coefficient (Wildman–Crippen LogP) is 3.41. The molecule has 1 saturated carbocycles. The van der Waals surface area contributed by atoms with Crippen molar-refractivity contribution in [2.24, 2.45) is 0 Å². The summed E-state index contributed by atoms with van der Waals surface area (Å²) in [5.41, 5.74) is 0.570. The molecule has 0 atom stereocenters. The van der Waals surface area contributed by atoms with Crippen LogP contribution in [0.4, 0.5) is 0 Å². The Morgan fingerprint density at radius 3 is 2.55 bits per heavy atom. The van der Waals surface area contributed by atoms with Crippen molar-refractivity contribution in [3.63, 3.8) is 0 Å². The normalized spacial score (nSPS) is 16.0. The number of carbonyl (C=O) groups is 1. The lowest BCUT2D eigenvalue weighted by molar-refractivity contribution is 0.0862. The third-order valence-corrected chi connectivity index (χ3v) is 4.56. The highest BCUT2D eigenvalue weighted by atomic mass is 35.5. The van der Waals surface area contributed by atoms with E-state index in [1.165, 1.54) is 12.8 Å². The summed E-state index contributed by atoms with van der Waals surface area (Å²) < 4.78 is 0. The molecule has 1 aromatic rings. The first-order valence-corrected chi connectivity index (χ1v) is 7.70. The Labute approximate surface area is 129 Å². The van der Waals surface area contributed by atoms with Crippen molar-refractivity contribution in [3.05, 3.63) is 33.8 Å². The van der Waals surface area contributed by atoms with Gasteiger partial charge >= 0.3 is 0 Å². The molecule has 0 amide bonds. The van der Waals surface area contributed by atoms with Gasteiger partial charge in [-0.25, -0.2) is 0 Å². The van der Waals surface area contributed by atoms with Crippen LogP contribution in [-0.2, 0) is 0 Å². The highest BCUT2D eigenvalue weighted by Crippen LogP contribution is 2.25. The Bertz CT molecular complexity index is 473. The van der Waals surface area contributed by atoms with E-state index in [1.54, 1.807) is 18.2 Å². The molecule has 3 nitrogen and oxygen atoms in total. The second-order valence-corrected chi connectivity index (χ2v) is 6.00. The van der Waals surface area contributed by atoms with E-state index in [0.717, 1.165) is 12.8 Å². The van der Waals surface area contributed by atoms with Gasteiger partial charge in [0.05, 0.1) is 23.2 Å². The molecule has 0 aromatic heterocycles. The first-order chi connectivity index (χ1) is 9.61. The largest absolute Gasteiger partial charge is 0.395 e. The highest BCUT2D eigenvalue weighted by molar-refractivity contribution is 6.42. The molecule has 0 heterocycles. The number of benzene rings is 1. The minimum absolute atomic E-state index is 0.0175. The molecule has 0 saturated heterocycles. The average molecular weight is 316 g/mol. The molecule has 1 aliphatic carbocycles. The van der Waals surface area contributed by atoms with Crippen LogP contribution >= 0.6 is 23.2 Å². The molecule has 2 rings (SSSR count). The van der Waals surface area contributed by atoms with Gasteiger partial charge in [0, 0.05) is 18.2 Å². The van der Waals surface area contributed by atoms with Crippen LogP contribution in [0, 0.1) is 0 Å². The van der Waals surface area contributed by atoms with Crippen molar-refractivity contribution in [2.75, 3.05) is 19.7 Å². The number of nitrogens with zero attached hydrogens (tertiary/aromatic N) is 1. The van der Waals surface area contributed by atoms with Crippen molar-refractivity contribution in [2.45, 2.75) is 31.7 Å². The summed E-state index contributed by atoms with van der Waals surface area (Å²) in [6, 6.07) is 5.36. The van der Waals surface area contributed by atoms with E-state index in [9.17, 15) is 4.79 Å². The van der Waals surface area contributed by atoms with Crippen molar-refractivity contribution >= 4 is 29.0 Å². The molecule has 0 bridgehead atoms. The maximum absolute atomic E-state index is 12.3. The van der Waals surface area contributed by atoms with Gasteiger partial charge in [-0.3, -0.25) is 9.69 Å². The SMILES string of the molecule is O=C(CN(CCO)C1CCCC1)c1ccc(Cl)c(Cl)c1. The summed E-state index contributed by atoms with van der Waals surface area (Å²) in [7, 11) is 0. The Morgan fingerprint density at radius 2 is 1.95 bits per heavy atom. The minimum atomic E-state index is 0.0175. The zero-order valence-corrected chi connectivity index (χ0v) is 12.8. The van der Waals surface area contributed by atoms with Crippen LogP contribution in [0.1, 0.15) is 36.0 Å². The van der Waals surface area contributed by atoms with Gasteiger partial charge in [-0.05, 0) is 31.0 Å². The van der Waals surface area contributed by atoms with Gasteiger partial charge in [-0.2, -0.15) is 0 Å². The van der Waals surface area contributed by atoms with E-state index in [0.29, 0.717) is 34.7 Å². The fourth-order valence-electron chi connectivity index (χ4n) is 2.73. The monoisotopic (exact) mass is 315 g/mol. The lowest BCUT2D eigenvalue weighted by Gasteiger charge is -2.27. The number of rotatable bonds is 6. The topological polar surface area (TPSA) is 40.5 Å². The van der Waals surface area contributed by atoms with Gasteiger partial charge in [0.25, 0.3) is 0 Å². The van der Waals surface area contributed by atoms with E-state index in [4.69, 9.17) is 28.3 Å². The van der Waals surface area contributed by atoms with Crippen LogP contribution in [0.2, 0.25) is 10.0 Å². The Balaban J connectivity index is 2.05.